The number of nitrogens with one attached hydrogen (secondary N) is 1. The maximum Gasteiger partial charge on any atom is 0.0690 e. The molecule has 1 fully saturated rings. The van der Waals surface area contributed by atoms with E-state index in [1.54, 1.807) is 0 Å². The van der Waals surface area contributed by atoms with Crippen LogP contribution in [-0.2, 0) is 6.42 Å². The zero-order valence-electron chi connectivity index (χ0n) is 7.83. The van der Waals surface area contributed by atoms with Crippen LogP contribution in [0.15, 0.2) is 24.4 Å². The van der Waals surface area contributed by atoms with Gasteiger partial charge in [-0.15, -0.1) is 0 Å². The van der Waals surface area contributed by atoms with Crippen molar-refractivity contribution in [2.45, 2.75) is 24.9 Å². The van der Waals surface area contributed by atoms with E-state index in [0.29, 0.717) is 0 Å². The lowest BCUT2D eigenvalue weighted by Crippen LogP contribution is -2.10. The molecule has 1 aliphatic rings. The minimum atomic E-state index is -0.409. The van der Waals surface area contributed by atoms with Crippen LogP contribution >= 0.6 is 0 Å². The molecule has 0 radical (unpaired) electrons. The van der Waals surface area contributed by atoms with Crippen molar-refractivity contribution < 1.29 is 5.11 Å². The zero-order valence-corrected chi connectivity index (χ0v) is 7.83. The molecule has 2 N–H and O–H groups in total. The van der Waals surface area contributed by atoms with E-state index in [2.05, 4.69) is 22.3 Å². The van der Waals surface area contributed by atoms with Crippen LogP contribution in [0.5, 0.6) is 0 Å². The van der Waals surface area contributed by atoms with Crippen molar-refractivity contribution in [2.75, 3.05) is 0 Å². The zero-order chi connectivity index (χ0) is 9.60. The smallest absolute Gasteiger partial charge is 0.0690 e. The first kappa shape index (κ1) is 8.00. The molecule has 1 aliphatic carbocycles. The summed E-state index contributed by atoms with van der Waals surface area (Å²) in [5.74, 6) is 0. The van der Waals surface area contributed by atoms with Crippen LogP contribution in [-0.4, -0.2) is 20.9 Å². The lowest BCUT2D eigenvalue weighted by Gasteiger charge is -2.06. The van der Waals surface area contributed by atoms with Gasteiger partial charge in [-0.25, -0.2) is 0 Å². The molecule has 1 heterocycles. The molecule has 2 aromatic rings. The maximum absolute atomic E-state index is 9.78. The highest BCUT2D eigenvalue weighted by Gasteiger charge is 2.40. The Morgan fingerprint density at radius 3 is 3.07 bits per heavy atom. The molecule has 1 saturated carbocycles. The number of hydrogen-bond acceptors (Lipinski definition) is 2. The largest absolute Gasteiger partial charge is 0.390 e. The van der Waals surface area contributed by atoms with Gasteiger partial charge in [0.05, 0.1) is 17.3 Å². The van der Waals surface area contributed by atoms with Gasteiger partial charge in [0.15, 0.2) is 0 Å². The molecule has 0 bridgehead atoms. The summed E-state index contributed by atoms with van der Waals surface area (Å²) < 4.78 is 0. The lowest BCUT2D eigenvalue weighted by molar-refractivity contribution is 0.151. The van der Waals surface area contributed by atoms with Crippen LogP contribution in [0, 0.1) is 0 Å². The number of rotatable bonds is 2. The number of fused-ring (bicyclic) bond motifs is 1. The predicted molar refractivity (Wildman–Crippen MR) is 54.0 cm³/mol. The standard InChI is InChI=1S/C11H12N2O/c14-11(3-4-11)6-8-1-2-9-7-12-13-10(9)5-8/h1-2,5,7,14H,3-4,6H2,(H,12,13). The molecule has 0 atom stereocenters. The Morgan fingerprint density at radius 2 is 2.29 bits per heavy atom. The molecule has 3 nitrogen and oxygen atoms in total. The second-order valence-corrected chi connectivity index (χ2v) is 4.19. The average molecular weight is 188 g/mol. The van der Waals surface area contributed by atoms with Gasteiger partial charge in [0.25, 0.3) is 0 Å². The summed E-state index contributed by atoms with van der Waals surface area (Å²) in [6.07, 6.45) is 4.45. The van der Waals surface area contributed by atoms with E-state index in [1.165, 1.54) is 5.56 Å². The molecule has 1 aromatic heterocycles. The summed E-state index contributed by atoms with van der Waals surface area (Å²) in [6.45, 7) is 0. The first-order valence-electron chi connectivity index (χ1n) is 4.90. The molecule has 0 amide bonds. The number of nitrogens with zero attached hydrogens (tertiary/aromatic N) is 1. The van der Waals surface area contributed by atoms with Gasteiger partial charge in [-0.05, 0) is 24.5 Å². The van der Waals surface area contributed by atoms with E-state index in [0.717, 1.165) is 30.2 Å². The number of aromatic nitrogens is 2. The van der Waals surface area contributed by atoms with Crippen molar-refractivity contribution in [1.29, 1.82) is 0 Å². The van der Waals surface area contributed by atoms with Crippen molar-refractivity contribution in [3.8, 4) is 0 Å². The monoisotopic (exact) mass is 188 g/mol. The van der Waals surface area contributed by atoms with Crippen LogP contribution in [0.1, 0.15) is 18.4 Å². The SMILES string of the molecule is OC1(Cc2ccc3cn[nH]c3c2)CC1. The third-order valence-electron chi connectivity index (χ3n) is 2.87. The molecule has 3 rings (SSSR count). The Morgan fingerprint density at radius 1 is 1.43 bits per heavy atom. The van der Waals surface area contributed by atoms with Gasteiger partial charge in [-0.1, -0.05) is 12.1 Å². The molecular weight excluding hydrogens is 176 g/mol. The third-order valence-corrected chi connectivity index (χ3v) is 2.87. The molecule has 0 unspecified atom stereocenters. The molecule has 3 heteroatoms. The second-order valence-electron chi connectivity index (χ2n) is 4.19. The Balaban J connectivity index is 1.97. The normalized spacial score (nSPS) is 18.6. The van der Waals surface area contributed by atoms with Crippen LogP contribution in [0.4, 0.5) is 0 Å². The molecule has 1 aromatic carbocycles. The number of H-pyrrole nitrogens is 1. The minimum Gasteiger partial charge on any atom is -0.390 e. The van der Waals surface area contributed by atoms with Crippen LogP contribution in [0.2, 0.25) is 0 Å². The number of aromatic amines is 1. The van der Waals surface area contributed by atoms with Crippen LogP contribution < -0.4 is 0 Å². The summed E-state index contributed by atoms with van der Waals surface area (Å²) in [4.78, 5) is 0. The highest BCUT2D eigenvalue weighted by molar-refractivity contribution is 5.78. The van der Waals surface area contributed by atoms with E-state index in [9.17, 15) is 5.11 Å². The number of benzene rings is 1. The Labute approximate surface area is 81.8 Å². The Bertz CT molecular complexity index is 471. The molecule has 0 spiro atoms. The highest BCUT2D eigenvalue weighted by Crippen LogP contribution is 2.38. The minimum absolute atomic E-state index is 0.409. The van der Waals surface area contributed by atoms with E-state index in [1.807, 2.05) is 12.3 Å². The van der Waals surface area contributed by atoms with Gasteiger partial charge in [0.2, 0.25) is 0 Å². The fraction of sp³-hybridized carbons (Fsp3) is 0.364. The van der Waals surface area contributed by atoms with Gasteiger partial charge in [-0.2, -0.15) is 5.10 Å². The summed E-state index contributed by atoms with van der Waals surface area (Å²) in [5.41, 5.74) is 1.82. The molecule has 0 saturated heterocycles. The second kappa shape index (κ2) is 2.58. The van der Waals surface area contributed by atoms with Gasteiger partial charge >= 0.3 is 0 Å². The lowest BCUT2D eigenvalue weighted by atomic mass is 10.1. The third kappa shape index (κ3) is 1.30. The van der Waals surface area contributed by atoms with Gasteiger partial charge in [0.1, 0.15) is 0 Å². The average Bonchev–Trinajstić information content (AvgIpc) is 2.73. The van der Waals surface area contributed by atoms with Crippen molar-refractivity contribution in [2.24, 2.45) is 0 Å². The number of hydrogen-bond donors (Lipinski definition) is 2. The topological polar surface area (TPSA) is 48.9 Å². The predicted octanol–water partition coefficient (Wildman–Crippen LogP) is 1.63. The highest BCUT2D eigenvalue weighted by atomic mass is 16.3. The van der Waals surface area contributed by atoms with Gasteiger partial charge in [-0.3, -0.25) is 5.10 Å². The van der Waals surface area contributed by atoms with Gasteiger partial charge < -0.3 is 5.11 Å². The van der Waals surface area contributed by atoms with Crippen LogP contribution in [0.25, 0.3) is 10.9 Å². The van der Waals surface area contributed by atoms with Crippen molar-refractivity contribution >= 4 is 10.9 Å². The van der Waals surface area contributed by atoms with Crippen molar-refractivity contribution in [3.05, 3.63) is 30.0 Å². The van der Waals surface area contributed by atoms with E-state index in [4.69, 9.17) is 0 Å². The van der Waals surface area contributed by atoms with Crippen molar-refractivity contribution in [3.63, 3.8) is 0 Å². The Kier molecular flexibility index (Phi) is 1.47. The number of aliphatic hydroxyl groups is 1. The molecule has 72 valence electrons. The first-order valence-corrected chi connectivity index (χ1v) is 4.90. The summed E-state index contributed by atoms with van der Waals surface area (Å²) in [6, 6.07) is 6.17. The summed E-state index contributed by atoms with van der Waals surface area (Å²) in [5, 5.41) is 17.8. The molecule has 0 aliphatic heterocycles. The van der Waals surface area contributed by atoms with Crippen molar-refractivity contribution in [1.82, 2.24) is 10.2 Å². The fourth-order valence-electron chi connectivity index (χ4n) is 1.80. The van der Waals surface area contributed by atoms with E-state index in [-0.39, 0.29) is 0 Å². The van der Waals surface area contributed by atoms with E-state index >= 15 is 0 Å². The summed E-state index contributed by atoms with van der Waals surface area (Å²) >= 11 is 0. The van der Waals surface area contributed by atoms with Crippen LogP contribution in [0.3, 0.4) is 0 Å². The molecular formula is C11H12N2O. The quantitative estimate of drug-likeness (QED) is 0.752. The Hall–Kier alpha value is -1.35. The van der Waals surface area contributed by atoms with Gasteiger partial charge in [0, 0.05) is 11.8 Å². The van der Waals surface area contributed by atoms with E-state index < -0.39 is 5.60 Å². The summed E-state index contributed by atoms with van der Waals surface area (Å²) in [7, 11) is 0. The fourth-order valence-corrected chi connectivity index (χ4v) is 1.80. The maximum atomic E-state index is 9.78. The first-order chi connectivity index (χ1) is 6.75. The molecule has 14 heavy (non-hydrogen) atoms.